The van der Waals surface area contributed by atoms with E-state index in [-0.39, 0.29) is 47.8 Å². The second-order valence-electron chi connectivity index (χ2n) is 11.1. The monoisotopic (exact) mass is 686 g/mol. The zero-order chi connectivity index (χ0) is 35.7. The van der Waals surface area contributed by atoms with Crippen molar-refractivity contribution in [2.24, 2.45) is 5.92 Å². The van der Waals surface area contributed by atoms with Crippen molar-refractivity contribution in [3.05, 3.63) is 83.2 Å². The number of carbonyl (C=O) groups excluding carboxylic acids is 3. The summed E-state index contributed by atoms with van der Waals surface area (Å²) in [4.78, 5) is 37.8. The smallest absolute Gasteiger partial charge is 0.337 e. The summed E-state index contributed by atoms with van der Waals surface area (Å²) in [7, 11) is 1.15. The fraction of sp³-hybridized carbons (Fsp3) is 0.382. The van der Waals surface area contributed by atoms with E-state index in [0.29, 0.717) is 11.1 Å². The Morgan fingerprint density at radius 3 is 2.33 bits per heavy atom. The molecule has 2 aromatic rings. The van der Waals surface area contributed by atoms with Crippen LogP contribution in [0.15, 0.2) is 72.0 Å². The van der Waals surface area contributed by atoms with Gasteiger partial charge in [-0.05, 0) is 48.4 Å². The summed E-state index contributed by atoms with van der Waals surface area (Å²) in [6, 6.07) is 10.2. The minimum absolute atomic E-state index is 0.0263. The van der Waals surface area contributed by atoms with Crippen molar-refractivity contribution in [2.45, 2.75) is 56.8 Å². The molecule has 2 aliphatic rings. The molecule has 0 saturated carbocycles. The third-order valence-electron chi connectivity index (χ3n) is 7.81. The number of aromatic hydroxyl groups is 3. The van der Waals surface area contributed by atoms with Crippen molar-refractivity contribution in [3.63, 3.8) is 0 Å². The largest absolute Gasteiger partial charge is 0.508 e. The Hall–Kier alpha value is -4.93. The highest BCUT2D eigenvalue weighted by Crippen LogP contribution is 2.36. The summed E-state index contributed by atoms with van der Waals surface area (Å²) in [6.07, 6.45) is -4.56. The number of phenolic OH excluding ortho intramolecular Hbond substituents is 3. The number of ether oxygens (including phenoxy) is 6. The summed E-state index contributed by atoms with van der Waals surface area (Å²) in [6.45, 7) is 0.987. The Kier molecular flexibility index (Phi) is 12.8. The van der Waals surface area contributed by atoms with Crippen molar-refractivity contribution in [1.29, 1.82) is 0 Å². The highest BCUT2D eigenvalue weighted by molar-refractivity contribution is 5.90. The van der Waals surface area contributed by atoms with Crippen LogP contribution in [0.4, 0.5) is 0 Å². The van der Waals surface area contributed by atoms with Crippen molar-refractivity contribution >= 4 is 24.0 Å². The van der Waals surface area contributed by atoms with E-state index in [0.717, 1.165) is 19.4 Å². The van der Waals surface area contributed by atoms with Crippen LogP contribution >= 0.6 is 0 Å². The highest BCUT2D eigenvalue weighted by Gasteiger charge is 2.47. The molecule has 264 valence electrons. The van der Waals surface area contributed by atoms with Gasteiger partial charge in [-0.15, -0.1) is 0 Å². The number of rotatable bonds is 12. The highest BCUT2D eigenvalue weighted by atomic mass is 16.8. The molecule has 2 heterocycles. The maximum atomic E-state index is 12.9. The van der Waals surface area contributed by atoms with Gasteiger partial charge in [0.25, 0.3) is 0 Å². The Balaban J connectivity index is 1.40. The number of hydrogen-bond donors (Lipinski definition) is 6. The van der Waals surface area contributed by atoms with Gasteiger partial charge in [0.2, 0.25) is 6.29 Å². The summed E-state index contributed by atoms with van der Waals surface area (Å²) in [5.41, 5.74) is 1.43. The van der Waals surface area contributed by atoms with E-state index >= 15 is 0 Å². The number of benzene rings is 2. The molecule has 0 amide bonds. The fourth-order valence-corrected chi connectivity index (χ4v) is 5.11. The molecule has 0 unspecified atom stereocenters. The molecule has 0 aromatic heterocycles. The quantitative estimate of drug-likeness (QED) is 0.0609. The molecular formula is C34H38O15. The molecular weight excluding hydrogens is 648 g/mol. The third kappa shape index (κ3) is 9.58. The van der Waals surface area contributed by atoms with E-state index in [1.807, 2.05) is 0 Å². The van der Waals surface area contributed by atoms with Crippen LogP contribution in [0.3, 0.4) is 0 Å². The number of esters is 3. The maximum Gasteiger partial charge on any atom is 0.337 e. The van der Waals surface area contributed by atoms with Gasteiger partial charge in [0.1, 0.15) is 36.8 Å². The fourth-order valence-electron chi connectivity index (χ4n) is 5.11. The molecule has 1 fully saturated rings. The second-order valence-corrected chi connectivity index (χ2v) is 11.1. The lowest BCUT2D eigenvalue weighted by molar-refractivity contribution is -0.328. The van der Waals surface area contributed by atoms with E-state index in [9.17, 15) is 45.0 Å². The Morgan fingerprint density at radius 2 is 1.65 bits per heavy atom. The second kappa shape index (κ2) is 16.9. The van der Waals surface area contributed by atoms with Gasteiger partial charge >= 0.3 is 17.9 Å². The van der Waals surface area contributed by atoms with Gasteiger partial charge < -0.3 is 59.1 Å². The molecule has 1 saturated heterocycles. The average Bonchev–Trinajstić information content (AvgIpc) is 3.09. The topological polar surface area (TPSA) is 228 Å². The van der Waals surface area contributed by atoms with Crippen molar-refractivity contribution in [1.82, 2.24) is 0 Å². The lowest BCUT2D eigenvalue weighted by Crippen LogP contribution is -2.60. The number of allylic oxidation sites excluding steroid dienone is 1. The zero-order valence-electron chi connectivity index (χ0n) is 26.6. The number of phenols is 3. The number of carbonyl (C=O) groups is 3. The molecule has 0 bridgehead atoms. The van der Waals surface area contributed by atoms with Crippen LogP contribution in [0, 0.1) is 5.92 Å². The molecule has 15 nitrogen and oxygen atoms in total. The van der Waals surface area contributed by atoms with Gasteiger partial charge in [-0.1, -0.05) is 24.3 Å². The summed E-state index contributed by atoms with van der Waals surface area (Å²) < 4.78 is 32.5. The Labute approximate surface area is 280 Å². The SMILES string of the molecule is C/C=C1/[C@H](O[C@@H]2O[C@H](COC(=O)/C=C/c3ccc(O)cc3)[C@@H](O)[C@H](O)[C@H]2O)OC=C(C(=O)OC)[C@H]1CC(=O)OCCc1ccc(O)c(O)c1. The minimum Gasteiger partial charge on any atom is -0.508 e. The van der Waals surface area contributed by atoms with E-state index < -0.39 is 67.4 Å². The van der Waals surface area contributed by atoms with Crippen molar-refractivity contribution in [2.75, 3.05) is 20.3 Å². The van der Waals surface area contributed by atoms with Gasteiger partial charge in [0.15, 0.2) is 17.8 Å². The van der Waals surface area contributed by atoms with Gasteiger partial charge in [-0.2, -0.15) is 0 Å². The van der Waals surface area contributed by atoms with Gasteiger partial charge in [0.05, 0.1) is 32.0 Å². The molecule has 0 spiro atoms. The summed E-state index contributed by atoms with van der Waals surface area (Å²) >= 11 is 0. The first-order valence-electron chi connectivity index (χ1n) is 15.2. The predicted octanol–water partition coefficient (Wildman–Crippen LogP) is 1.34. The minimum atomic E-state index is -1.79. The number of aliphatic hydroxyl groups excluding tert-OH is 3. The molecule has 6 N–H and O–H groups in total. The molecule has 0 aliphatic carbocycles. The molecule has 2 aromatic carbocycles. The Bertz CT molecular complexity index is 1560. The zero-order valence-corrected chi connectivity index (χ0v) is 26.6. The first-order chi connectivity index (χ1) is 23.4. The number of methoxy groups -OCH3 is 1. The Morgan fingerprint density at radius 1 is 0.918 bits per heavy atom. The third-order valence-corrected chi connectivity index (χ3v) is 7.81. The average molecular weight is 687 g/mol. The van der Waals surface area contributed by atoms with Crippen LogP contribution in [0.1, 0.15) is 24.5 Å². The molecule has 7 atom stereocenters. The van der Waals surface area contributed by atoms with Crippen LogP contribution < -0.4 is 0 Å². The van der Waals surface area contributed by atoms with Crippen LogP contribution in [-0.2, 0) is 49.2 Å². The van der Waals surface area contributed by atoms with E-state index in [1.165, 1.54) is 36.4 Å². The van der Waals surface area contributed by atoms with Crippen molar-refractivity contribution < 1.29 is 73.4 Å². The first kappa shape index (κ1) is 36.9. The van der Waals surface area contributed by atoms with E-state index in [2.05, 4.69) is 0 Å². The van der Waals surface area contributed by atoms with Crippen LogP contribution in [0.2, 0.25) is 0 Å². The van der Waals surface area contributed by atoms with E-state index in [1.54, 1.807) is 25.1 Å². The van der Waals surface area contributed by atoms with Gasteiger partial charge in [-0.25, -0.2) is 9.59 Å². The molecule has 15 heteroatoms. The first-order valence-corrected chi connectivity index (χ1v) is 15.2. The van der Waals surface area contributed by atoms with Crippen LogP contribution in [0.5, 0.6) is 17.2 Å². The molecule has 0 radical (unpaired) electrons. The predicted molar refractivity (Wildman–Crippen MR) is 167 cm³/mol. The van der Waals surface area contributed by atoms with Crippen molar-refractivity contribution in [3.8, 4) is 17.2 Å². The molecule has 4 rings (SSSR count). The van der Waals surface area contributed by atoms with E-state index in [4.69, 9.17) is 28.4 Å². The normalized spacial score (nSPS) is 26.1. The number of aliphatic hydroxyl groups is 3. The standard InChI is InChI=1S/C34H38O15/c1-3-21-22(15-28(39)45-13-12-19-6-10-24(36)25(37)14-19)23(32(43)44-2)16-47-33(21)49-34-31(42)30(41)29(40)26(48-34)17-46-27(38)11-7-18-4-8-20(35)9-5-18/h3-11,14,16,22,26,29-31,33-37,40-42H,12-13,15,17H2,1-2H3/b11-7+,21-3+/t22-,26+,29+,30-,31+,33-,34-/m0/s1. The van der Waals surface area contributed by atoms with Gasteiger partial charge in [-0.3, -0.25) is 4.79 Å². The molecule has 49 heavy (non-hydrogen) atoms. The van der Waals surface area contributed by atoms with Crippen LogP contribution in [-0.4, -0.2) is 106 Å². The van der Waals surface area contributed by atoms with Crippen LogP contribution in [0.25, 0.3) is 6.08 Å². The summed E-state index contributed by atoms with van der Waals surface area (Å²) in [5, 5.41) is 60.3. The number of hydrogen-bond acceptors (Lipinski definition) is 15. The van der Waals surface area contributed by atoms with Gasteiger partial charge in [0, 0.05) is 24.0 Å². The maximum absolute atomic E-state index is 12.9. The lowest BCUT2D eigenvalue weighted by Gasteiger charge is -2.42. The molecule has 2 aliphatic heterocycles. The summed E-state index contributed by atoms with van der Waals surface area (Å²) in [5.74, 6) is -3.80. The lowest BCUT2D eigenvalue weighted by atomic mass is 9.86.